The maximum absolute atomic E-state index is 9.87. The zero-order valence-electron chi connectivity index (χ0n) is 13.3. The Kier molecular flexibility index (Phi) is 5.45. The number of benzene rings is 1. The van der Waals surface area contributed by atoms with Gasteiger partial charge in [0.2, 0.25) is 0 Å². The molecule has 5 heteroatoms. The number of hydrogen-bond donors (Lipinski definition) is 2. The van der Waals surface area contributed by atoms with Crippen molar-refractivity contribution in [2.45, 2.75) is 32.1 Å². The largest absolute Gasteiger partial charge is 0.497 e. The van der Waals surface area contributed by atoms with Crippen molar-refractivity contribution >= 4 is 0 Å². The molecule has 0 spiro atoms. The average Bonchev–Trinajstić information content (AvgIpc) is 2.78. The third-order valence-corrected chi connectivity index (χ3v) is 3.55. The third kappa shape index (κ3) is 4.33. The molecule has 2 atom stereocenters. The number of nitrogens with one attached hydrogen (secondary N) is 1. The van der Waals surface area contributed by atoms with Gasteiger partial charge in [0.15, 0.2) is 0 Å². The van der Waals surface area contributed by atoms with E-state index in [0.717, 1.165) is 23.5 Å². The first-order valence-corrected chi connectivity index (χ1v) is 7.39. The Morgan fingerprint density at radius 1 is 1.48 bits per heavy atom. The van der Waals surface area contributed by atoms with Crippen molar-refractivity contribution in [2.24, 2.45) is 0 Å². The van der Waals surface area contributed by atoms with Gasteiger partial charge in [-0.1, -0.05) is 0 Å². The van der Waals surface area contributed by atoms with Crippen LogP contribution in [0.15, 0.2) is 12.1 Å². The van der Waals surface area contributed by atoms with Crippen LogP contribution in [0, 0.1) is 0 Å². The van der Waals surface area contributed by atoms with Crippen LogP contribution in [-0.4, -0.2) is 56.5 Å². The smallest absolute Gasteiger partial charge is 0.127 e. The summed E-state index contributed by atoms with van der Waals surface area (Å²) < 4.78 is 11.2. The second kappa shape index (κ2) is 7.11. The van der Waals surface area contributed by atoms with E-state index in [0.29, 0.717) is 19.6 Å². The van der Waals surface area contributed by atoms with Crippen molar-refractivity contribution in [3.63, 3.8) is 0 Å². The summed E-state index contributed by atoms with van der Waals surface area (Å²) in [4.78, 5) is 1.97. The number of fused-ring (bicyclic) bond motifs is 1. The van der Waals surface area contributed by atoms with Gasteiger partial charge in [-0.2, -0.15) is 0 Å². The molecule has 0 fully saturated rings. The Morgan fingerprint density at radius 2 is 2.24 bits per heavy atom. The fourth-order valence-electron chi connectivity index (χ4n) is 2.69. The predicted molar refractivity (Wildman–Crippen MR) is 83.1 cm³/mol. The molecule has 0 saturated carbocycles. The summed E-state index contributed by atoms with van der Waals surface area (Å²) in [6, 6.07) is 4.05. The molecule has 0 saturated heterocycles. The molecule has 1 heterocycles. The van der Waals surface area contributed by atoms with Gasteiger partial charge in [0.25, 0.3) is 0 Å². The van der Waals surface area contributed by atoms with E-state index in [1.165, 1.54) is 5.56 Å². The SMILES string of the molecule is COc1cc(CNCC(O)CN(C)C)c2c(c1)CC(C)O2. The molecule has 2 N–H and O–H groups in total. The number of nitrogens with zero attached hydrogens (tertiary/aromatic N) is 1. The molecule has 0 aliphatic carbocycles. The van der Waals surface area contributed by atoms with Crippen LogP contribution in [0.1, 0.15) is 18.1 Å². The van der Waals surface area contributed by atoms with E-state index in [1.807, 2.05) is 31.1 Å². The molecule has 2 unspecified atom stereocenters. The van der Waals surface area contributed by atoms with E-state index in [1.54, 1.807) is 7.11 Å². The van der Waals surface area contributed by atoms with Crippen molar-refractivity contribution in [2.75, 3.05) is 34.3 Å². The first-order valence-electron chi connectivity index (χ1n) is 7.39. The topological polar surface area (TPSA) is 54.0 Å². The highest BCUT2D eigenvalue weighted by atomic mass is 16.5. The van der Waals surface area contributed by atoms with E-state index < -0.39 is 0 Å². The second-order valence-corrected chi connectivity index (χ2v) is 5.95. The Morgan fingerprint density at radius 3 is 2.90 bits per heavy atom. The van der Waals surface area contributed by atoms with Crippen LogP contribution in [0.3, 0.4) is 0 Å². The van der Waals surface area contributed by atoms with Crippen molar-refractivity contribution in [1.29, 1.82) is 0 Å². The van der Waals surface area contributed by atoms with E-state index in [2.05, 4.69) is 12.2 Å². The summed E-state index contributed by atoms with van der Waals surface area (Å²) in [5.74, 6) is 1.83. The minimum atomic E-state index is -0.376. The number of likely N-dealkylation sites (N-methyl/N-ethyl adjacent to an activating group) is 1. The summed E-state index contributed by atoms with van der Waals surface area (Å²) >= 11 is 0. The summed E-state index contributed by atoms with van der Waals surface area (Å²) in [7, 11) is 5.58. The molecule has 0 aromatic heterocycles. The Hall–Kier alpha value is -1.30. The molecule has 21 heavy (non-hydrogen) atoms. The number of ether oxygens (including phenoxy) is 2. The van der Waals surface area contributed by atoms with Gasteiger partial charge in [0, 0.05) is 37.2 Å². The number of aliphatic hydroxyl groups is 1. The maximum atomic E-state index is 9.87. The minimum Gasteiger partial charge on any atom is -0.497 e. The van der Waals surface area contributed by atoms with Gasteiger partial charge >= 0.3 is 0 Å². The molecule has 0 radical (unpaired) electrons. The molecule has 0 bridgehead atoms. The van der Waals surface area contributed by atoms with Gasteiger partial charge in [0.1, 0.15) is 17.6 Å². The fourth-order valence-corrected chi connectivity index (χ4v) is 2.69. The number of rotatable bonds is 7. The summed E-state index contributed by atoms with van der Waals surface area (Å²) in [5.41, 5.74) is 2.29. The summed E-state index contributed by atoms with van der Waals surface area (Å²) in [5, 5.41) is 13.2. The molecule has 5 nitrogen and oxygen atoms in total. The van der Waals surface area contributed by atoms with Gasteiger partial charge < -0.3 is 24.8 Å². The standard InChI is InChI=1S/C16H26N2O3/c1-11-5-12-6-15(20-4)7-13(16(12)21-11)8-17-9-14(19)10-18(2)3/h6-7,11,14,17,19H,5,8-10H2,1-4H3. The lowest BCUT2D eigenvalue weighted by atomic mass is 10.1. The van der Waals surface area contributed by atoms with Crippen LogP contribution in [0.25, 0.3) is 0 Å². The molecule has 1 aromatic rings. The Labute approximate surface area is 126 Å². The lowest BCUT2D eigenvalue weighted by molar-refractivity contribution is 0.134. The normalized spacial score (nSPS) is 18.5. The maximum Gasteiger partial charge on any atom is 0.127 e. The highest BCUT2D eigenvalue weighted by molar-refractivity contribution is 5.49. The van der Waals surface area contributed by atoms with Crippen LogP contribution < -0.4 is 14.8 Å². The Balaban J connectivity index is 1.98. The quantitative estimate of drug-likeness (QED) is 0.787. The van der Waals surface area contributed by atoms with Gasteiger partial charge in [-0.15, -0.1) is 0 Å². The first-order chi connectivity index (χ1) is 9.99. The van der Waals surface area contributed by atoms with E-state index in [9.17, 15) is 5.11 Å². The molecule has 1 aliphatic heterocycles. The number of hydrogen-bond acceptors (Lipinski definition) is 5. The zero-order chi connectivity index (χ0) is 15.4. The molecular formula is C16H26N2O3. The van der Waals surface area contributed by atoms with Crippen molar-refractivity contribution in [1.82, 2.24) is 10.2 Å². The van der Waals surface area contributed by atoms with Crippen LogP contribution in [-0.2, 0) is 13.0 Å². The minimum absolute atomic E-state index is 0.213. The van der Waals surface area contributed by atoms with Gasteiger partial charge in [-0.25, -0.2) is 0 Å². The van der Waals surface area contributed by atoms with Crippen LogP contribution in [0.2, 0.25) is 0 Å². The predicted octanol–water partition coefficient (Wildman–Crippen LogP) is 1.03. The molecule has 0 amide bonds. The first kappa shape index (κ1) is 16.1. The Bertz CT molecular complexity index is 477. The third-order valence-electron chi connectivity index (χ3n) is 3.55. The van der Waals surface area contributed by atoms with E-state index in [-0.39, 0.29) is 12.2 Å². The summed E-state index contributed by atoms with van der Waals surface area (Å²) in [6.45, 7) is 3.94. The van der Waals surface area contributed by atoms with Crippen LogP contribution in [0.4, 0.5) is 0 Å². The molecule has 118 valence electrons. The lowest BCUT2D eigenvalue weighted by Crippen LogP contribution is -2.34. The molecule has 1 aliphatic rings. The summed E-state index contributed by atoms with van der Waals surface area (Å²) in [6.07, 6.45) is 0.756. The van der Waals surface area contributed by atoms with Crippen molar-refractivity contribution in [3.8, 4) is 11.5 Å². The second-order valence-electron chi connectivity index (χ2n) is 5.95. The highest BCUT2D eigenvalue weighted by Crippen LogP contribution is 2.36. The molecule has 1 aromatic carbocycles. The number of methoxy groups -OCH3 is 1. The van der Waals surface area contributed by atoms with Crippen molar-refractivity contribution in [3.05, 3.63) is 23.3 Å². The van der Waals surface area contributed by atoms with Crippen LogP contribution >= 0.6 is 0 Å². The monoisotopic (exact) mass is 294 g/mol. The van der Waals surface area contributed by atoms with Gasteiger partial charge in [-0.3, -0.25) is 0 Å². The zero-order valence-corrected chi connectivity index (χ0v) is 13.3. The van der Waals surface area contributed by atoms with Crippen LogP contribution in [0.5, 0.6) is 11.5 Å². The average molecular weight is 294 g/mol. The lowest BCUT2D eigenvalue weighted by Gasteiger charge is -2.17. The molecule has 2 rings (SSSR count). The number of aliphatic hydroxyl groups excluding tert-OH is 1. The van der Waals surface area contributed by atoms with Gasteiger partial charge in [0.05, 0.1) is 13.2 Å². The van der Waals surface area contributed by atoms with E-state index in [4.69, 9.17) is 9.47 Å². The molecular weight excluding hydrogens is 268 g/mol. The van der Waals surface area contributed by atoms with Gasteiger partial charge in [-0.05, 0) is 33.2 Å². The highest BCUT2D eigenvalue weighted by Gasteiger charge is 2.23. The van der Waals surface area contributed by atoms with Crippen molar-refractivity contribution < 1.29 is 14.6 Å². The fraction of sp³-hybridized carbons (Fsp3) is 0.625. The van der Waals surface area contributed by atoms with E-state index >= 15 is 0 Å².